The molecule has 1 aromatic rings. The molecule has 0 aromatic carbocycles. The molecule has 0 spiro atoms. The molecular weight excluding hydrogens is 310 g/mol. The van der Waals surface area contributed by atoms with E-state index in [9.17, 15) is 9.59 Å². The third-order valence-electron chi connectivity index (χ3n) is 2.63. The lowest BCUT2D eigenvalue weighted by Crippen LogP contribution is -2.31. The van der Waals surface area contributed by atoms with Crippen molar-refractivity contribution in [3.63, 3.8) is 0 Å². The summed E-state index contributed by atoms with van der Waals surface area (Å²) in [6.07, 6.45) is 16.1. The lowest BCUT2D eigenvalue weighted by molar-refractivity contribution is -0.137. The number of aliphatic carboxylic acids is 1. The van der Waals surface area contributed by atoms with Crippen LogP contribution in [0.3, 0.4) is 0 Å². The number of carbonyl (C=O) groups is 2. The minimum atomic E-state index is -0.990. The molecular formula is C17H19N3O4. The van der Waals surface area contributed by atoms with E-state index in [2.05, 4.69) is 21.7 Å². The molecule has 3 heterocycles. The predicted octanol–water partition coefficient (Wildman–Crippen LogP) is 1.55. The van der Waals surface area contributed by atoms with Gasteiger partial charge in [-0.25, -0.2) is 14.6 Å². The molecule has 1 aromatic heterocycles. The summed E-state index contributed by atoms with van der Waals surface area (Å²) in [4.78, 5) is 23.9. The number of rotatable bonds is 2. The van der Waals surface area contributed by atoms with Crippen LogP contribution in [0.15, 0.2) is 73.3 Å². The lowest BCUT2D eigenvalue weighted by Gasteiger charge is -2.08. The Bertz CT molecular complexity index is 624. The molecule has 126 valence electrons. The Hall–Kier alpha value is -3.35. The van der Waals surface area contributed by atoms with Gasteiger partial charge in [0.1, 0.15) is 11.7 Å². The summed E-state index contributed by atoms with van der Waals surface area (Å²) in [7, 11) is 0. The molecule has 0 fully saturated rings. The normalized spacial score (nSPS) is 16.4. The zero-order chi connectivity index (χ0) is 17.6. The molecule has 0 bridgehead atoms. The molecule has 0 aliphatic carbocycles. The summed E-state index contributed by atoms with van der Waals surface area (Å²) in [5.74, 6) is -1.84. The number of dihydropyridines is 2. The van der Waals surface area contributed by atoms with Crippen molar-refractivity contribution in [1.29, 1.82) is 0 Å². The summed E-state index contributed by atoms with van der Waals surface area (Å²) in [5.41, 5.74) is 0.0810. The molecule has 1 unspecified atom stereocenters. The largest absolute Gasteiger partial charge is 0.479 e. The van der Waals surface area contributed by atoms with Crippen molar-refractivity contribution >= 4 is 11.9 Å². The molecule has 2 aliphatic heterocycles. The third kappa shape index (κ3) is 8.18. The lowest BCUT2D eigenvalue weighted by atomic mass is 10.2. The van der Waals surface area contributed by atoms with Crippen LogP contribution < -0.4 is 10.6 Å². The number of carboxylic acid groups (broad SMARTS) is 2. The first-order valence-electron chi connectivity index (χ1n) is 7.13. The average Bonchev–Trinajstić information content (AvgIpc) is 2.65. The van der Waals surface area contributed by atoms with Gasteiger partial charge in [0.05, 0.1) is 0 Å². The maximum atomic E-state index is 10.2. The Morgan fingerprint density at radius 1 is 1.08 bits per heavy atom. The number of nitrogens with zero attached hydrogens (tertiary/aromatic N) is 1. The SMILES string of the molecule is C1=CCNC=C1.O=C(O)C1C=CC=CN1.O=C(O)c1ccccn1. The molecule has 1 atom stereocenters. The highest BCUT2D eigenvalue weighted by Crippen LogP contribution is 1.93. The van der Waals surface area contributed by atoms with Gasteiger partial charge in [-0.2, -0.15) is 0 Å². The number of hydrogen-bond donors (Lipinski definition) is 4. The Labute approximate surface area is 139 Å². The molecule has 0 saturated carbocycles. The summed E-state index contributed by atoms with van der Waals surface area (Å²) < 4.78 is 0. The number of pyridine rings is 1. The van der Waals surface area contributed by atoms with Gasteiger partial charge >= 0.3 is 11.9 Å². The van der Waals surface area contributed by atoms with Crippen LogP contribution in [-0.4, -0.2) is 39.7 Å². The number of aromatic carboxylic acids is 1. The second-order valence-electron chi connectivity index (χ2n) is 4.44. The van der Waals surface area contributed by atoms with Gasteiger partial charge in [-0.1, -0.05) is 30.4 Å². The fourth-order valence-corrected chi connectivity index (χ4v) is 1.49. The van der Waals surface area contributed by atoms with E-state index in [-0.39, 0.29) is 5.69 Å². The monoisotopic (exact) mass is 329 g/mol. The van der Waals surface area contributed by atoms with Crippen molar-refractivity contribution < 1.29 is 19.8 Å². The van der Waals surface area contributed by atoms with Crippen molar-refractivity contribution in [3.8, 4) is 0 Å². The molecule has 0 saturated heterocycles. The van der Waals surface area contributed by atoms with Gasteiger partial charge < -0.3 is 20.8 Å². The minimum absolute atomic E-state index is 0.0810. The van der Waals surface area contributed by atoms with Crippen LogP contribution in [0.25, 0.3) is 0 Å². The van der Waals surface area contributed by atoms with E-state index < -0.39 is 18.0 Å². The van der Waals surface area contributed by atoms with Crippen molar-refractivity contribution in [2.75, 3.05) is 6.54 Å². The smallest absolute Gasteiger partial charge is 0.354 e. The highest BCUT2D eigenvalue weighted by molar-refractivity contribution is 5.85. The molecule has 24 heavy (non-hydrogen) atoms. The summed E-state index contributed by atoms with van der Waals surface area (Å²) >= 11 is 0. The maximum absolute atomic E-state index is 10.2. The zero-order valence-electron chi connectivity index (χ0n) is 12.9. The van der Waals surface area contributed by atoms with E-state index in [1.54, 1.807) is 36.6 Å². The maximum Gasteiger partial charge on any atom is 0.354 e. The van der Waals surface area contributed by atoms with Gasteiger partial charge in [-0.05, 0) is 36.7 Å². The molecule has 7 nitrogen and oxygen atoms in total. The summed E-state index contributed by atoms with van der Waals surface area (Å²) in [6.45, 7) is 0.983. The van der Waals surface area contributed by atoms with Gasteiger partial charge in [-0.3, -0.25) is 0 Å². The molecule has 4 N–H and O–H groups in total. The highest BCUT2D eigenvalue weighted by Gasteiger charge is 2.11. The standard InChI is InChI=1S/C6H7NO2.C6H5NO2.C5H7N/c2*8-6(9)5-3-1-2-4-7-5;1-2-4-6-5-3-1/h1-5,7H,(H,8,9);1-4H,(H,8,9);1-4,6H,5H2. The van der Waals surface area contributed by atoms with Crippen LogP contribution in [0.4, 0.5) is 0 Å². The fraction of sp³-hybridized carbons (Fsp3) is 0.118. The number of nitrogens with one attached hydrogen (secondary N) is 2. The zero-order valence-corrected chi connectivity index (χ0v) is 12.9. The van der Waals surface area contributed by atoms with Gasteiger partial charge in [0.25, 0.3) is 0 Å². The third-order valence-corrected chi connectivity index (χ3v) is 2.63. The molecule has 0 radical (unpaired) electrons. The highest BCUT2D eigenvalue weighted by atomic mass is 16.4. The van der Waals surface area contributed by atoms with Gasteiger partial charge in [0, 0.05) is 12.7 Å². The number of aromatic nitrogens is 1. The Kier molecular flexibility index (Phi) is 8.76. The van der Waals surface area contributed by atoms with E-state index in [0.29, 0.717) is 0 Å². The van der Waals surface area contributed by atoms with Crippen LogP contribution in [0.2, 0.25) is 0 Å². The van der Waals surface area contributed by atoms with Gasteiger partial charge in [0.2, 0.25) is 0 Å². The van der Waals surface area contributed by atoms with Crippen molar-refractivity contribution in [3.05, 3.63) is 78.9 Å². The molecule has 2 aliphatic rings. The number of allylic oxidation sites excluding steroid dienone is 4. The van der Waals surface area contributed by atoms with Crippen LogP contribution in [-0.2, 0) is 4.79 Å². The number of carboxylic acids is 2. The Morgan fingerprint density at radius 2 is 1.88 bits per heavy atom. The second-order valence-corrected chi connectivity index (χ2v) is 4.44. The minimum Gasteiger partial charge on any atom is -0.479 e. The average molecular weight is 329 g/mol. The van der Waals surface area contributed by atoms with Crippen molar-refractivity contribution in [2.24, 2.45) is 0 Å². The van der Waals surface area contributed by atoms with E-state index in [0.717, 1.165) is 6.54 Å². The topological polar surface area (TPSA) is 112 Å². The predicted molar refractivity (Wildman–Crippen MR) is 90.3 cm³/mol. The first-order chi connectivity index (χ1) is 11.6. The summed E-state index contributed by atoms with van der Waals surface area (Å²) in [6, 6.07) is 4.21. The van der Waals surface area contributed by atoms with Crippen LogP contribution in [0.5, 0.6) is 0 Å². The van der Waals surface area contributed by atoms with Crippen LogP contribution >= 0.6 is 0 Å². The van der Waals surface area contributed by atoms with Gasteiger partial charge in [0.15, 0.2) is 0 Å². The fourth-order valence-electron chi connectivity index (χ4n) is 1.49. The Balaban J connectivity index is 0.000000184. The first-order valence-corrected chi connectivity index (χ1v) is 7.13. The molecule has 3 rings (SSSR count). The van der Waals surface area contributed by atoms with E-state index >= 15 is 0 Å². The van der Waals surface area contributed by atoms with E-state index in [4.69, 9.17) is 10.2 Å². The quantitative estimate of drug-likeness (QED) is 0.651. The van der Waals surface area contributed by atoms with Crippen molar-refractivity contribution in [2.45, 2.75) is 6.04 Å². The van der Waals surface area contributed by atoms with Crippen LogP contribution in [0, 0.1) is 0 Å². The molecule has 7 heteroatoms. The van der Waals surface area contributed by atoms with Gasteiger partial charge in [-0.15, -0.1) is 0 Å². The van der Waals surface area contributed by atoms with Crippen molar-refractivity contribution in [1.82, 2.24) is 15.6 Å². The van der Waals surface area contributed by atoms with Crippen LogP contribution in [0.1, 0.15) is 10.5 Å². The summed E-state index contributed by atoms with van der Waals surface area (Å²) in [5, 5.41) is 22.4. The second kappa shape index (κ2) is 11.2. The molecule has 0 amide bonds. The first kappa shape index (κ1) is 18.7. The van der Waals surface area contributed by atoms with E-state index in [1.807, 2.05) is 18.4 Å². The Morgan fingerprint density at radius 3 is 2.17 bits per heavy atom. The van der Waals surface area contributed by atoms with E-state index in [1.165, 1.54) is 12.3 Å². The number of hydrogen-bond acceptors (Lipinski definition) is 5.